The van der Waals surface area contributed by atoms with Crippen molar-refractivity contribution in [1.29, 1.82) is 0 Å². The van der Waals surface area contributed by atoms with Crippen LogP contribution >= 0.6 is 0 Å². The number of nitrogens with one attached hydrogen (secondary N) is 1. The fourth-order valence-electron chi connectivity index (χ4n) is 0.721. The topological polar surface area (TPSA) is 61.7 Å². The summed E-state index contributed by atoms with van der Waals surface area (Å²) >= 11 is 0. The van der Waals surface area contributed by atoms with Crippen molar-refractivity contribution in [3.05, 3.63) is 0 Å². The molecule has 0 unspecified atom stereocenters. The highest BCUT2D eigenvalue weighted by Crippen LogP contribution is 1.97. The molecule has 1 aliphatic heterocycles. The Bertz CT molecular complexity index is 141. The van der Waals surface area contributed by atoms with E-state index in [1.807, 2.05) is 0 Å². The van der Waals surface area contributed by atoms with Gasteiger partial charge in [0.1, 0.15) is 0 Å². The first-order valence-electron chi connectivity index (χ1n) is 2.79. The van der Waals surface area contributed by atoms with Gasteiger partial charge in [-0.3, -0.25) is 4.79 Å². The zero-order chi connectivity index (χ0) is 6.69. The van der Waals surface area contributed by atoms with Crippen LogP contribution in [0.5, 0.6) is 0 Å². The van der Waals surface area contributed by atoms with Crippen molar-refractivity contribution in [2.24, 2.45) is 5.16 Å². The molecule has 0 aliphatic carbocycles. The molecule has 4 heteroatoms. The van der Waals surface area contributed by atoms with E-state index in [4.69, 9.17) is 5.21 Å². The molecule has 1 rings (SSSR count). The van der Waals surface area contributed by atoms with Crippen LogP contribution in [-0.2, 0) is 4.79 Å². The molecule has 0 aromatic rings. The van der Waals surface area contributed by atoms with Gasteiger partial charge in [0.15, 0.2) is 0 Å². The molecule has 0 spiro atoms. The Morgan fingerprint density at radius 3 is 2.78 bits per heavy atom. The summed E-state index contributed by atoms with van der Waals surface area (Å²) in [6.07, 6.45) is 1.03. The lowest BCUT2D eigenvalue weighted by Crippen LogP contribution is -2.34. The van der Waals surface area contributed by atoms with Crippen molar-refractivity contribution in [1.82, 2.24) is 5.32 Å². The lowest BCUT2D eigenvalue weighted by Gasteiger charge is -2.11. The van der Waals surface area contributed by atoms with Crippen molar-refractivity contribution >= 4 is 11.6 Å². The summed E-state index contributed by atoms with van der Waals surface area (Å²) in [6, 6.07) is 0. The largest absolute Gasteiger partial charge is 0.411 e. The maximum absolute atomic E-state index is 10.5. The zero-order valence-electron chi connectivity index (χ0n) is 4.92. The summed E-state index contributed by atoms with van der Waals surface area (Å²) in [5.74, 6) is 0.0300. The average Bonchev–Trinajstić information content (AvgIpc) is 1.90. The molecule has 2 N–H and O–H groups in total. The highest BCUT2D eigenvalue weighted by Gasteiger charge is 2.11. The Labute approximate surface area is 52.5 Å². The van der Waals surface area contributed by atoms with Crippen LogP contribution in [0.25, 0.3) is 0 Å². The van der Waals surface area contributed by atoms with Gasteiger partial charge >= 0.3 is 0 Å². The number of hydrogen-bond donors (Lipinski definition) is 2. The van der Waals surface area contributed by atoms with Crippen LogP contribution < -0.4 is 5.32 Å². The predicted molar refractivity (Wildman–Crippen MR) is 31.5 cm³/mol. The minimum Gasteiger partial charge on any atom is -0.411 e. The molecule has 1 saturated heterocycles. The maximum atomic E-state index is 10.5. The highest BCUT2D eigenvalue weighted by molar-refractivity contribution is 5.95. The van der Waals surface area contributed by atoms with Crippen molar-refractivity contribution < 1.29 is 10.0 Å². The van der Waals surface area contributed by atoms with E-state index in [9.17, 15) is 4.79 Å². The molecule has 0 radical (unpaired) electrons. The SMILES string of the molecule is O=C1CCC(=NO)CN1. The third kappa shape index (κ3) is 1.42. The van der Waals surface area contributed by atoms with E-state index in [0.29, 0.717) is 25.1 Å². The standard InChI is InChI=1S/C5H8N2O2/c8-5-2-1-4(7-9)3-6-5/h9H,1-3H2,(H,6,8). The molecule has 1 fully saturated rings. The van der Waals surface area contributed by atoms with E-state index in [1.54, 1.807) is 0 Å². The number of piperidine rings is 1. The summed E-state index contributed by atoms with van der Waals surface area (Å²) in [5.41, 5.74) is 0.648. The second-order valence-electron chi connectivity index (χ2n) is 1.94. The quantitative estimate of drug-likeness (QED) is 0.348. The van der Waals surface area contributed by atoms with E-state index in [2.05, 4.69) is 10.5 Å². The van der Waals surface area contributed by atoms with E-state index in [0.717, 1.165) is 0 Å². The Hall–Kier alpha value is -1.06. The summed E-state index contributed by atoms with van der Waals surface area (Å²) < 4.78 is 0. The molecule has 1 amide bonds. The summed E-state index contributed by atoms with van der Waals surface area (Å²) in [7, 11) is 0. The summed E-state index contributed by atoms with van der Waals surface area (Å²) in [4.78, 5) is 10.5. The van der Waals surface area contributed by atoms with E-state index in [1.165, 1.54) is 0 Å². The van der Waals surface area contributed by atoms with Crippen LogP contribution in [0.4, 0.5) is 0 Å². The summed E-state index contributed by atoms with van der Waals surface area (Å²) in [6.45, 7) is 0.398. The first-order chi connectivity index (χ1) is 4.33. The van der Waals surface area contributed by atoms with Crippen molar-refractivity contribution in [3.8, 4) is 0 Å². The Morgan fingerprint density at radius 2 is 2.33 bits per heavy atom. The highest BCUT2D eigenvalue weighted by atomic mass is 16.4. The first kappa shape index (κ1) is 6.07. The van der Waals surface area contributed by atoms with Crippen molar-refractivity contribution in [2.45, 2.75) is 12.8 Å². The zero-order valence-corrected chi connectivity index (χ0v) is 4.92. The third-order valence-electron chi connectivity index (χ3n) is 1.27. The van der Waals surface area contributed by atoms with Gasteiger partial charge in [0.25, 0.3) is 0 Å². The lowest BCUT2D eigenvalue weighted by molar-refractivity contribution is -0.121. The molecule has 0 aromatic carbocycles. The van der Waals surface area contributed by atoms with Gasteiger partial charge in [-0.1, -0.05) is 5.16 Å². The lowest BCUT2D eigenvalue weighted by atomic mass is 10.1. The Morgan fingerprint density at radius 1 is 1.56 bits per heavy atom. The van der Waals surface area contributed by atoms with Crippen LogP contribution in [-0.4, -0.2) is 23.4 Å². The van der Waals surface area contributed by atoms with Gasteiger partial charge in [-0.25, -0.2) is 0 Å². The fourth-order valence-corrected chi connectivity index (χ4v) is 0.721. The van der Waals surface area contributed by atoms with Gasteiger partial charge in [-0.2, -0.15) is 0 Å². The second kappa shape index (κ2) is 2.48. The number of rotatable bonds is 0. The smallest absolute Gasteiger partial charge is 0.220 e. The molecule has 0 saturated carbocycles. The third-order valence-corrected chi connectivity index (χ3v) is 1.27. The van der Waals surface area contributed by atoms with Crippen LogP contribution in [0.15, 0.2) is 5.16 Å². The minimum absolute atomic E-state index is 0.0300. The molecule has 9 heavy (non-hydrogen) atoms. The number of oxime groups is 1. The van der Waals surface area contributed by atoms with E-state index >= 15 is 0 Å². The van der Waals surface area contributed by atoms with Crippen LogP contribution in [0, 0.1) is 0 Å². The van der Waals surface area contributed by atoms with Crippen LogP contribution in [0.3, 0.4) is 0 Å². The molecule has 1 heterocycles. The van der Waals surface area contributed by atoms with Gasteiger partial charge in [0.2, 0.25) is 5.91 Å². The maximum Gasteiger partial charge on any atom is 0.220 e. The molecule has 4 nitrogen and oxygen atoms in total. The molecular formula is C5H8N2O2. The van der Waals surface area contributed by atoms with Crippen LogP contribution in [0.1, 0.15) is 12.8 Å². The Kier molecular flexibility index (Phi) is 1.67. The molecule has 1 aliphatic rings. The Balaban J connectivity index is 2.44. The molecule has 0 atom stereocenters. The second-order valence-corrected chi connectivity index (χ2v) is 1.94. The molecular weight excluding hydrogens is 120 g/mol. The monoisotopic (exact) mass is 128 g/mol. The fraction of sp³-hybridized carbons (Fsp3) is 0.600. The number of nitrogens with zero attached hydrogens (tertiary/aromatic N) is 1. The summed E-state index contributed by atoms with van der Waals surface area (Å²) in [5, 5.41) is 13.8. The number of hydrogen-bond acceptors (Lipinski definition) is 3. The van der Waals surface area contributed by atoms with Crippen molar-refractivity contribution in [2.75, 3.05) is 6.54 Å². The van der Waals surface area contributed by atoms with Gasteiger partial charge in [0, 0.05) is 6.42 Å². The molecule has 0 bridgehead atoms. The number of carbonyl (C=O) groups is 1. The minimum atomic E-state index is 0.0300. The van der Waals surface area contributed by atoms with Gasteiger partial charge in [0.05, 0.1) is 12.3 Å². The normalized spacial score (nSPS) is 24.0. The van der Waals surface area contributed by atoms with Gasteiger partial charge in [-0.15, -0.1) is 0 Å². The number of carbonyl (C=O) groups excluding carboxylic acids is 1. The van der Waals surface area contributed by atoms with E-state index < -0.39 is 0 Å². The number of amides is 1. The van der Waals surface area contributed by atoms with Gasteiger partial charge in [-0.05, 0) is 6.42 Å². The van der Waals surface area contributed by atoms with Crippen LogP contribution in [0.2, 0.25) is 0 Å². The predicted octanol–water partition coefficient (Wildman–Crippen LogP) is -0.273. The van der Waals surface area contributed by atoms with Gasteiger partial charge < -0.3 is 10.5 Å². The molecule has 50 valence electrons. The average molecular weight is 128 g/mol. The molecule has 0 aromatic heterocycles. The van der Waals surface area contributed by atoms with Crippen molar-refractivity contribution in [3.63, 3.8) is 0 Å². The van der Waals surface area contributed by atoms with E-state index in [-0.39, 0.29) is 5.91 Å². The first-order valence-corrected chi connectivity index (χ1v) is 2.79.